The zero-order valence-corrected chi connectivity index (χ0v) is 9.90. The highest BCUT2D eigenvalue weighted by molar-refractivity contribution is 7.86. The Kier molecular flexibility index (Phi) is 3.36. The molecule has 2 rings (SSSR count). The van der Waals surface area contributed by atoms with Crippen LogP contribution in [0.15, 0.2) is 29.7 Å². The molecule has 0 fully saturated rings. The highest BCUT2D eigenvalue weighted by Gasteiger charge is 2.21. The normalized spacial score (nSPS) is 11.3. The van der Waals surface area contributed by atoms with Crippen molar-refractivity contribution in [1.82, 2.24) is 15.0 Å². The van der Waals surface area contributed by atoms with Gasteiger partial charge >= 0.3 is 0 Å². The highest BCUT2D eigenvalue weighted by Crippen LogP contribution is 2.27. The maximum absolute atomic E-state index is 13.6. The first-order valence-corrected chi connectivity index (χ1v) is 6.17. The molecule has 10 heteroatoms. The molecular weight excluding hydrogens is 282 g/mol. The van der Waals surface area contributed by atoms with Crippen molar-refractivity contribution in [3.8, 4) is 0 Å². The molecule has 0 bridgehead atoms. The summed E-state index contributed by atoms with van der Waals surface area (Å²) in [4.78, 5) is 9.74. The lowest BCUT2D eigenvalue weighted by atomic mass is 10.3. The summed E-state index contributed by atoms with van der Waals surface area (Å²) in [6, 6.07) is 0.931. The summed E-state index contributed by atoms with van der Waals surface area (Å²) in [5.41, 5.74) is -0.657. The van der Waals surface area contributed by atoms with Gasteiger partial charge in [0.2, 0.25) is 5.95 Å². The zero-order valence-electron chi connectivity index (χ0n) is 9.08. The van der Waals surface area contributed by atoms with Gasteiger partial charge in [0, 0.05) is 6.07 Å². The molecule has 1 heterocycles. The van der Waals surface area contributed by atoms with Gasteiger partial charge in [-0.25, -0.2) is 23.7 Å². The van der Waals surface area contributed by atoms with E-state index < -0.39 is 32.3 Å². The number of halogens is 2. The first-order chi connectivity index (χ1) is 8.88. The summed E-state index contributed by atoms with van der Waals surface area (Å²) in [6.45, 7) is 0. The van der Waals surface area contributed by atoms with Gasteiger partial charge in [0.25, 0.3) is 10.1 Å². The fraction of sp³-hybridized carbons (Fsp3) is 0. The zero-order chi connectivity index (χ0) is 14.0. The van der Waals surface area contributed by atoms with Crippen LogP contribution < -0.4 is 5.32 Å². The highest BCUT2D eigenvalue weighted by atomic mass is 32.2. The summed E-state index contributed by atoms with van der Waals surface area (Å²) < 4.78 is 57.7. The van der Waals surface area contributed by atoms with Crippen LogP contribution in [-0.4, -0.2) is 27.9 Å². The van der Waals surface area contributed by atoms with Gasteiger partial charge in [0.15, 0.2) is 5.82 Å². The second kappa shape index (κ2) is 4.82. The first-order valence-electron chi connectivity index (χ1n) is 4.73. The molecule has 1 aromatic heterocycles. The van der Waals surface area contributed by atoms with Crippen LogP contribution in [0.3, 0.4) is 0 Å². The number of anilines is 2. The van der Waals surface area contributed by atoms with E-state index in [9.17, 15) is 17.2 Å². The molecule has 0 unspecified atom stereocenters. The lowest BCUT2D eigenvalue weighted by Crippen LogP contribution is -2.08. The molecule has 0 amide bonds. The number of nitrogens with zero attached hydrogens (tertiary/aromatic N) is 3. The van der Waals surface area contributed by atoms with E-state index in [2.05, 4.69) is 20.3 Å². The minimum atomic E-state index is -4.81. The van der Waals surface area contributed by atoms with E-state index in [0.717, 1.165) is 12.7 Å². The van der Waals surface area contributed by atoms with Gasteiger partial charge in [0.05, 0.1) is 5.69 Å². The third-order valence-corrected chi connectivity index (χ3v) is 2.90. The van der Waals surface area contributed by atoms with Gasteiger partial charge < -0.3 is 5.32 Å². The largest absolute Gasteiger partial charge is 0.320 e. The van der Waals surface area contributed by atoms with E-state index in [0.29, 0.717) is 12.1 Å². The molecule has 19 heavy (non-hydrogen) atoms. The Labute approximate surface area is 106 Å². The molecule has 0 aliphatic rings. The third kappa shape index (κ3) is 2.98. The average molecular weight is 288 g/mol. The van der Waals surface area contributed by atoms with Crippen molar-refractivity contribution in [2.45, 2.75) is 4.90 Å². The Morgan fingerprint density at radius 1 is 1.16 bits per heavy atom. The van der Waals surface area contributed by atoms with Crippen molar-refractivity contribution in [2.75, 3.05) is 5.32 Å². The molecule has 0 saturated carbocycles. The topological polar surface area (TPSA) is 105 Å². The average Bonchev–Trinajstić information content (AvgIpc) is 2.32. The van der Waals surface area contributed by atoms with Crippen molar-refractivity contribution in [1.29, 1.82) is 0 Å². The monoisotopic (exact) mass is 288 g/mol. The van der Waals surface area contributed by atoms with E-state index >= 15 is 0 Å². The van der Waals surface area contributed by atoms with Gasteiger partial charge in [-0.05, 0) is 6.07 Å². The van der Waals surface area contributed by atoms with Crippen LogP contribution in [0.25, 0.3) is 0 Å². The van der Waals surface area contributed by atoms with Crippen molar-refractivity contribution < 1.29 is 21.8 Å². The van der Waals surface area contributed by atoms with E-state index in [1.54, 1.807) is 0 Å². The lowest BCUT2D eigenvalue weighted by molar-refractivity contribution is 0.480. The number of hydrogen-bond donors (Lipinski definition) is 2. The van der Waals surface area contributed by atoms with Gasteiger partial charge in [-0.3, -0.25) is 4.55 Å². The Morgan fingerprint density at radius 2 is 1.79 bits per heavy atom. The standard InChI is InChI=1S/C9H6F2N4O3S/c10-5-1-6(11)8(7(2-5)19(16,17)18)15-9-13-3-12-4-14-9/h1-4H,(H,16,17,18)(H,12,13,14,15). The molecule has 100 valence electrons. The molecule has 1 aromatic carbocycles. The third-order valence-electron chi connectivity index (χ3n) is 2.03. The van der Waals surface area contributed by atoms with Crippen LogP contribution in [0.5, 0.6) is 0 Å². The van der Waals surface area contributed by atoms with Crippen LogP contribution in [0.1, 0.15) is 0 Å². The number of rotatable bonds is 3. The SMILES string of the molecule is O=S(=O)(O)c1cc(F)cc(F)c1Nc1ncncn1. The Balaban J connectivity index is 2.56. The molecule has 0 saturated heterocycles. The van der Waals surface area contributed by atoms with Crippen molar-refractivity contribution in [3.63, 3.8) is 0 Å². The minimum Gasteiger partial charge on any atom is -0.320 e. The number of benzene rings is 1. The Bertz CT molecular complexity index is 709. The maximum atomic E-state index is 13.6. The van der Waals surface area contributed by atoms with E-state index in [-0.39, 0.29) is 5.95 Å². The fourth-order valence-corrected chi connectivity index (χ4v) is 1.96. The summed E-state index contributed by atoms with van der Waals surface area (Å²) in [5, 5.41) is 2.23. The fourth-order valence-electron chi connectivity index (χ4n) is 1.29. The van der Waals surface area contributed by atoms with Crippen molar-refractivity contribution in [3.05, 3.63) is 36.4 Å². The smallest absolute Gasteiger partial charge is 0.296 e. The van der Waals surface area contributed by atoms with E-state index in [1.807, 2.05) is 0 Å². The minimum absolute atomic E-state index is 0.162. The van der Waals surface area contributed by atoms with E-state index in [1.165, 1.54) is 0 Å². The van der Waals surface area contributed by atoms with E-state index in [4.69, 9.17) is 4.55 Å². The summed E-state index contributed by atoms with van der Waals surface area (Å²) in [5.74, 6) is -2.52. The quantitative estimate of drug-likeness (QED) is 0.816. The lowest BCUT2D eigenvalue weighted by Gasteiger charge is -2.09. The summed E-state index contributed by atoms with van der Waals surface area (Å²) in [7, 11) is -4.81. The molecule has 0 spiro atoms. The Morgan fingerprint density at radius 3 is 2.37 bits per heavy atom. The number of nitrogens with one attached hydrogen (secondary N) is 1. The predicted molar refractivity (Wildman–Crippen MR) is 59.3 cm³/mol. The predicted octanol–water partition coefficient (Wildman–Crippen LogP) is 1.14. The van der Waals surface area contributed by atoms with Crippen LogP contribution in [0.4, 0.5) is 20.4 Å². The summed E-state index contributed by atoms with van der Waals surface area (Å²) >= 11 is 0. The second-order valence-corrected chi connectivity index (χ2v) is 4.71. The van der Waals surface area contributed by atoms with Gasteiger partial charge in [-0.15, -0.1) is 0 Å². The van der Waals surface area contributed by atoms with Crippen LogP contribution in [-0.2, 0) is 10.1 Å². The number of hydrogen-bond acceptors (Lipinski definition) is 6. The first kappa shape index (κ1) is 13.2. The molecule has 7 nitrogen and oxygen atoms in total. The maximum Gasteiger partial charge on any atom is 0.296 e. The van der Waals surface area contributed by atoms with Crippen molar-refractivity contribution >= 4 is 21.8 Å². The molecule has 0 radical (unpaired) electrons. The van der Waals surface area contributed by atoms with Gasteiger partial charge in [-0.2, -0.15) is 8.42 Å². The molecule has 2 aromatic rings. The summed E-state index contributed by atoms with van der Waals surface area (Å²) in [6.07, 6.45) is 2.17. The van der Waals surface area contributed by atoms with Crippen molar-refractivity contribution in [2.24, 2.45) is 0 Å². The second-order valence-electron chi connectivity index (χ2n) is 3.32. The van der Waals surface area contributed by atoms with Crippen LogP contribution in [0, 0.1) is 11.6 Å². The molecule has 0 aliphatic carbocycles. The van der Waals surface area contributed by atoms with Gasteiger partial charge in [-0.1, -0.05) is 0 Å². The Hall–Kier alpha value is -2.20. The molecular formula is C9H6F2N4O3S. The van der Waals surface area contributed by atoms with Crippen LogP contribution >= 0.6 is 0 Å². The van der Waals surface area contributed by atoms with Gasteiger partial charge in [0.1, 0.15) is 23.4 Å². The number of aromatic nitrogens is 3. The van der Waals surface area contributed by atoms with Crippen LogP contribution in [0.2, 0.25) is 0 Å². The molecule has 2 N–H and O–H groups in total. The molecule has 0 atom stereocenters. The molecule has 0 aliphatic heterocycles.